The molecule has 4 aromatic rings. The van der Waals surface area contributed by atoms with Gasteiger partial charge in [-0.25, -0.2) is 4.98 Å². The molecule has 0 aliphatic heterocycles. The van der Waals surface area contributed by atoms with Crippen LogP contribution in [-0.4, -0.2) is 14.8 Å². The molecule has 3 heterocycles. The van der Waals surface area contributed by atoms with E-state index in [-0.39, 0.29) is 0 Å². The zero-order valence-electron chi connectivity index (χ0n) is 24.6. The molecule has 39 heavy (non-hydrogen) atoms. The quantitative estimate of drug-likeness (QED) is 0.216. The number of aryl methyl sites for hydroxylation is 3. The van der Waals surface area contributed by atoms with Gasteiger partial charge in [0.2, 0.25) is 0 Å². The lowest BCUT2D eigenvalue weighted by atomic mass is 9.73. The maximum atomic E-state index is 6.71. The van der Waals surface area contributed by atoms with Crippen molar-refractivity contribution in [1.29, 1.82) is 0 Å². The fourth-order valence-corrected chi connectivity index (χ4v) is 5.69. The highest BCUT2D eigenvalue weighted by Gasteiger charge is 2.28. The van der Waals surface area contributed by atoms with Gasteiger partial charge in [0.1, 0.15) is 11.6 Å². The van der Waals surface area contributed by atoms with Gasteiger partial charge >= 0.3 is 0 Å². The maximum absolute atomic E-state index is 6.71. The highest BCUT2D eigenvalue weighted by Crippen LogP contribution is 2.44. The lowest BCUT2D eigenvalue weighted by molar-refractivity contribution is 0.412. The summed E-state index contributed by atoms with van der Waals surface area (Å²) in [6.07, 6.45) is 4.52. The van der Waals surface area contributed by atoms with Crippen LogP contribution in [0.4, 0.5) is 5.82 Å². The summed E-state index contributed by atoms with van der Waals surface area (Å²) in [4.78, 5) is 4.71. The number of nitrogens with zero attached hydrogens (tertiary/aromatic N) is 3. The predicted octanol–water partition coefficient (Wildman–Crippen LogP) is 8.74. The minimum atomic E-state index is 0.432. The highest BCUT2D eigenvalue weighted by atomic mass is 35.5. The molecule has 0 bridgehead atoms. The minimum Gasteiger partial charge on any atom is -0.459 e. The van der Waals surface area contributed by atoms with E-state index in [4.69, 9.17) is 21.0 Å². The molecule has 0 unspecified atom stereocenters. The number of pyridine rings is 1. The molecular weight excluding hydrogens is 506 g/mol. The van der Waals surface area contributed by atoms with Crippen LogP contribution in [0.1, 0.15) is 104 Å². The van der Waals surface area contributed by atoms with Crippen LogP contribution in [0.5, 0.6) is 0 Å². The van der Waals surface area contributed by atoms with Crippen LogP contribution >= 0.6 is 11.6 Å². The third kappa shape index (κ3) is 5.72. The summed E-state index contributed by atoms with van der Waals surface area (Å²) in [5.74, 6) is 3.34. The van der Waals surface area contributed by atoms with Crippen molar-refractivity contribution in [1.82, 2.24) is 20.2 Å². The van der Waals surface area contributed by atoms with Gasteiger partial charge in [0.15, 0.2) is 11.4 Å². The molecular formula is C32H42ClN5O. The summed E-state index contributed by atoms with van der Waals surface area (Å²) in [5, 5.41) is 6.41. The molecule has 208 valence electrons. The van der Waals surface area contributed by atoms with Crippen molar-refractivity contribution in [3.05, 3.63) is 80.9 Å². The number of halogens is 1. The number of benzene rings is 1. The van der Waals surface area contributed by atoms with E-state index < -0.39 is 0 Å². The molecule has 1 aliphatic rings. The topological polar surface area (TPSA) is 67.9 Å². The van der Waals surface area contributed by atoms with E-state index in [9.17, 15) is 0 Å². The Bertz CT molecular complexity index is 1490. The van der Waals surface area contributed by atoms with Gasteiger partial charge < -0.3 is 4.42 Å². The second-order valence-electron chi connectivity index (χ2n) is 10.7. The fraction of sp³-hybridized carbons (Fsp3) is 0.438. The van der Waals surface area contributed by atoms with Gasteiger partial charge in [0, 0.05) is 23.9 Å². The Kier molecular flexibility index (Phi) is 8.75. The largest absolute Gasteiger partial charge is 0.459 e. The highest BCUT2D eigenvalue weighted by molar-refractivity contribution is 6.31. The fourth-order valence-electron chi connectivity index (χ4n) is 5.46. The summed E-state index contributed by atoms with van der Waals surface area (Å²) in [6.45, 7) is 18.9. The number of hydrogen-bond donors (Lipinski definition) is 2. The molecule has 7 heteroatoms. The summed E-state index contributed by atoms with van der Waals surface area (Å²) >= 11 is 6.71. The van der Waals surface area contributed by atoms with Gasteiger partial charge in [0.05, 0.1) is 11.4 Å². The van der Waals surface area contributed by atoms with Gasteiger partial charge in [-0.2, -0.15) is 5.10 Å². The second kappa shape index (κ2) is 11.9. The van der Waals surface area contributed by atoms with Crippen LogP contribution in [0, 0.1) is 20.8 Å². The summed E-state index contributed by atoms with van der Waals surface area (Å²) in [5.41, 5.74) is 15.2. The second-order valence-corrected chi connectivity index (χ2v) is 11.1. The first kappa shape index (κ1) is 28.8. The lowest BCUT2D eigenvalue weighted by Crippen LogP contribution is -2.20. The number of hydrogen-bond acceptors (Lipinski definition) is 5. The van der Waals surface area contributed by atoms with Crippen LogP contribution in [0.3, 0.4) is 0 Å². The summed E-state index contributed by atoms with van der Waals surface area (Å²) < 4.78 is 8.06. The number of furan rings is 1. The molecule has 0 saturated heterocycles. The van der Waals surface area contributed by atoms with Crippen LogP contribution in [0.15, 0.2) is 35.3 Å². The van der Waals surface area contributed by atoms with Crippen LogP contribution in [0.2, 0.25) is 5.02 Å². The number of aromatic nitrogens is 3. The van der Waals surface area contributed by atoms with E-state index in [0.29, 0.717) is 29.1 Å². The van der Waals surface area contributed by atoms with Crippen molar-refractivity contribution in [3.8, 4) is 0 Å². The standard InChI is InChI=1S/C30H36ClN5O.C2H6/c1-16(2)23-15-25(31)18(4)24(29(23)21-9-8-10-21)14-22-11-12-26(37-22)19(5)33-34-27-13-17(3)28-20(6)35-36(7)30(28)32-27;1-2/h11-13,15-16,21,33H,5,8-10,14H2,1-4,6-7H3,(H,32,34);1-2H3. The first-order valence-corrected chi connectivity index (χ1v) is 14.4. The molecule has 0 atom stereocenters. The number of anilines is 1. The molecule has 1 aliphatic carbocycles. The smallest absolute Gasteiger partial charge is 0.160 e. The molecule has 1 saturated carbocycles. The Hall–Kier alpha value is -3.25. The number of nitrogens with one attached hydrogen (secondary N) is 2. The molecule has 0 amide bonds. The number of hydrazine groups is 1. The molecule has 0 radical (unpaired) electrons. The molecule has 3 aromatic heterocycles. The molecule has 1 fully saturated rings. The average Bonchev–Trinajstić information content (AvgIpc) is 3.46. The van der Waals surface area contributed by atoms with Gasteiger partial charge in [-0.3, -0.25) is 15.5 Å². The van der Waals surface area contributed by atoms with Crippen LogP contribution in [0.25, 0.3) is 16.7 Å². The van der Waals surface area contributed by atoms with Crippen molar-refractivity contribution < 1.29 is 4.42 Å². The first-order valence-electron chi connectivity index (χ1n) is 14.1. The average molecular weight is 548 g/mol. The number of rotatable bonds is 8. The Balaban J connectivity index is 0.00000172. The van der Waals surface area contributed by atoms with Crippen LogP contribution < -0.4 is 10.9 Å². The maximum Gasteiger partial charge on any atom is 0.160 e. The summed E-state index contributed by atoms with van der Waals surface area (Å²) in [6, 6.07) is 8.19. The lowest BCUT2D eigenvalue weighted by Gasteiger charge is -2.32. The van der Waals surface area contributed by atoms with E-state index >= 15 is 0 Å². The van der Waals surface area contributed by atoms with E-state index in [1.807, 2.05) is 46.0 Å². The Morgan fingerprint density at radius 2 is 1.90 bits per heavy atom. The van der Waals surface area contributed by atoms with E-state index in [1.54, 1.807) is 4.68 Å². The Morgan fingerprint density at radius 1 is 1.18 bits per heavy atom. The van der Waals surface area contributed by atoms with E-state index in [2.05, 4.69) is 56.3 Å². The Labute approximate surface area is 237 Å². The zero-order valence-corrected chi connectivity index (χ0v) is 25.4. The zero-order chi connectivity index (χ0) is 28.4. The molecule has 5 rings (SSSR count). The predicted molar refractivity (Wildman–Crippen MR) is 164 cm³/mol. The van der Waals surface area contributed by atoms with E-state index in [0.717, 1.165) is 45.1 Å². The van der Waals surface area contributed by atoms with Gasteiger partial charge in [-0.1, -0.05) is 52.3 Å². The number of fused-ring (bicyclic) bond motifs is 1. The normalized spacial score (nSPS) is 13.3. The van der Waals surface area contributed by atoms with Crippen molar-refractivity contribution in [2.45, 2.75) is 86.0 Å². The molecule has 0 spiro atoms. The van der Waals surface area contributed by atoms with Crippen molar-refractivity contribution in [2.75, 3.05) is 5.43 Å². The SMILES string of the molecule is C=C(NNc1cc(C)c2c(C)nn(C)c2n1)c1ccc(Cc2c(C)c(Cl)cc(C(C)C)c2C2CCC2)o1.CC. The van der Waals surface area contributed by atoms with Crippen molar-refractivity contribution >= 4 is 34.1 Å². The first-order chi connectivity index (χ1) is 18.6. The van der Waals surface area contributed by atoms with Crippen molar-refractivity contribution in [3.63, 3.8) is 0 Å². The monoisotopic (exact) mass is 547 g/mol. The van der Waals surface area contributed by atoms with Crippen LogP contribution in [-0.2, 0) is 13.5 Å². The third-order valence-electron chi connectivity index (χ3n) is 7.68. The minimum absolute atomic E-state index is 0.432. The third-order valence-corrected chi connectivity index (χ3v) is 8.07. The molecule has 2 N–H and O–H groups in total. The van der Waals surface area contributed by atoms with E-state index in [1.165, 1.54) is 36.0 Å². The van der Waals surface area contributed by atoms with Gasteiger partial charge in [-0.15, -0.1) is 0 Å². The van der Waals surface area contributed by atoms with Crippen molar-refractivity contribution in [2.24, 2.45) is 7.05 Å². The Morgan fingerprint density at radius 3 is 2.54 bits per heavy atom. The van der Waals surface area contributed by atoms with Gasteiger partial charge in [0.25, 0.3) is 0 Å². The van der Waals surface area contributed by atoms with Gasteiger partial charge in [-0.05, 0) is 97.5 Å². The molecule has 6 nitrogen and oxygen atoms in total. The molecule has 1 aromatic carbocycles. The summed E-state index contributed by atoms with van der Waals surface area (Å²) in [7, 11) is 1.91.